The van der Waals surface area contributed by atoms with Crippen molar-refractivity contribution in [2.24, 2.45) is 11.3 Å². The molecule has 2 rings (SSSR count). The van der Waals surface area contributed by atoms with Gasteiger partial charge in [0.2, 0.25) is 0 Å². The van der Waals surface area contributed by atoms with Gasteiger partial charge in [0.05, 0.1) is 6.07 Å². The summed E-state index contributed by atoms with van der Waals surface area (Å²) in [6, 6.07) is 2.71. The normalized spacial score (nSPS) is 38.6. The van der Waals surface area contributed by atoms with Gasteiger partial charge in [-0.15, -0.1) is 0 Å². The Kier molecular flexibility index (Phi) is 3.50. The SMILES string of the molecule is CC1CC(C)(C)CC1(C#N)N1CCCCCC1. The van der Waals surface area contributed by atoms with E-state index in [-0.39, 0.29) is 5.54 Å². The minimum Gasteiger partial charge on any atom is -0.285 e. The first-order valence-electron chi connectivity index (χ1n) is 7.16. The van der Waals surface area contributed by atoms with Crippen molar-refractivity contribution >= 4 is 0 Å². The third kappa shape index (κ3) is 2.36. The molecule has 1 saturated carbocycles. The molecule has 1 aliphatic carbocycles. The van der Waals surface area contributed by atoms with Crippen LogP contribution in [0, 0.1) is 22.7 Å². The molecule has 0 aromatic carbocycles. The van der Waals surface area contributed by atoms with E-state index >= 15 is 0 Å². The van der Waals surface area contributed by atoms with Gasteiger partial charge in [0.1, 0.15) is 5.54 Å². The van der Waals surface area contributed by atoms with E-state index in [0.717, 1.165) is 19.5 Å². The molecule has 2 fully saturated rings. The lowest BCUT2D eigenvalue weighted by Crippen LogP contribution is -2.50. The lowest BCUT2D eigenvalue weighted by atomic mass is 9.85. The Bertz CT molecular complexity index is 307. The van der Waals surface area contributed by atoms with Gasteiger partial charge in [0, 0.05) is 0 Å². The molecule has 2 atom stereocenters. The van der Waals surface area contributed by atoms with E-state index in [0.29, 0.717) is 11.3 Å². The second-order valence-corrected chi connectivity index (χ2v) is 6.88. The fourth-order valence-electron chi connectivity index (χ4n) is 4.09. The van der Waals surface area contributed by atoms with E-state index in [9.17, 15) is 5.26 Å². The molecule has 2 aliphatic rings. The van der Waals surface area contributed by atoms with E-state index in [4.69, 9.17) is 0 Å². The predicted octanol–water partition coefficient (Wildman–Crippen LogP) is 3.58. The van der Waals surface area contributed by atoms with Gasteiger partial charge in [-0.05, 0) is 50.1 Å². The van der Waals surface area contributed by atoms with Crippen LogP contribution in [0.3, 0.4) is 0 Å². The van der Waals surface area contributed by atoms with Crippen molar-refractivity contribution in [1.82, 2.24) is 4.90 Å². The minimum atomic E-state index is -0.173. The molecule has 2 nitrogen and oxygen atoms in total. The van der Waals surface area contributed by atoms with Gasteiger partial charge in [-0.1, -0.05) is 33.6 Å². The van der Waals surface area contributed by atoms with Gasteiger partial charge >= 0.3 is 0 Å². The Balaban J connectivity index is 2.22. The van der Waals surface area contributed by atoms with E-state index in [1.165, 1.54) is 32.1 Å². The summed E-state index contributed by atoms with van der Waals surface area (Å²) >= 11 is 0. The van der Waals surface area contributed by atoms with Crippen LogP contribution in [0.5, 0.6) is 0 Å². The highest BCUT2D eigenvalue weighted by Gasteiger charge is 2.52. The molecule has 1 heterocycles. The molecule has 2 heteroatoms. The van der Waals surface area contributed by atoms with Gasteiger partial charge in [-0.25, -0.2) is 0 Å². The number of likely N-dealkylation sites (tertiary alicyclic amines) is 1. The van der Waals surface area contributed by atoms with E-state index in [1.54, 1.807) is 0 Å². The summed E-state index contributed by atoms with van der Waals surface area (Å²) in [4.78, 5) is 2.51. The highest BCUT2D eigenvalue weighted by Crippen LogP contribution is 2.50. The van der Waals surface area contributed by atoms with Crippen molar-refractivity contribution < 1.29 is 0 Å². The van der Waals surface area contributed by atoms with Gasteiger partial charge in [-0.2, -0.15) is 5.26 Å². The maximum Gasteiger partial charge on any atom is 0.112 e. The first-order valence-corrected chi connectivity index (χ1v) is 7.16. The molecule has 17 heavy (non-hydrogen) atoms. The lowest BCUT2D eigenvalue weighted by Gasteiger charge is -2.39. The Morgan fingerprint density at radius 1 is 1.12 bits per heavy atom. The summed E-state index contributed by atoms with van der Waals surface area (Å²) in [5.41, 5.74) is 0.162. The van der Waals surface area contributed by atoms with Crippen LogP contribution >= 0.6 is 0 Å². The number of hydrogen-bond donors (Lipinski definition) is 0. The molecule has 1 aliphatic heterocycles. The fraction of sp³-hybridized carbons (Fsp3) is 0.933. The summed E-state index contributed by atoms with van der Waals surface area (Å²) in [7, 11) is 0. The van der Waals surface area contributed by atoms with Crippen LogP contribution in [-0.2, 0) is 0 Å². The van der Waals surface area contributed by atoms with Crippen molar-refractivity contribution in [3.8, 4) is 6.07 Å². The molecule has 96 valence electrons. The van der Waals surface area contributed by atoms with Gasteiger partial charge in [-0.3, -0.25) is 4.90 Å². The van der Waals surface area contributed by atoms with Gasteiger partial charge in [0.25, 0.3) is 0 Å². The second-order valence-electron chi connectivity index (χ2n) is 6.88. The standard InChI is InChI=1S/C15H26N2/c1-13-10-14(2,3)11-15(13,12-16)17-8-6-4-5-7-9-17/h13H,4-11H2,1-3H3. The van der Waals surface area contributed by atoms with Crippen molar-refractivity contribution in [3.05, 3.63) is 0 Å². The number of nitrogens with zero attached hydrogens (tertiary/aromatic N) is 2. The number of hydrogen-bond acceptors (Lipinski definition) is 2. The highest BCUT2D eigenvalue weighted by atomic mass is 15.2. The summed E-state index contributed by atoms with van der Waals surface area (Å²) in [6.45, 7) is 9.19. The number of rotatable bonds is 1. The molecule has 0 aromatic rings. The molecule has 0 radical (unpaired) electrons. The highest BCUT2D eigenvalue weighted by molar-refractivity contribution is 5.17. The lowest BCUT2D eigenvalue weighted by molar-refractivity contribution is 0.105. The summed E-state index contributed by atoms with van der Waals surface area (Å²) in [6.07, 6.45) is 7.48. The maximum absolute atomic E-state index is 9.77. The Morgan fingerprint density at radius 2 is 1.71 bits per heavy atom. The van der Waals surface area contributed by atoms with Crippen molar-refractivity contribution in [3.63, 3.8) is 0 Å². The van der Waals surface area contributed by atoms with Gasteiger partial charge in [0.15, 0.2) is 0 Å². The predicted molar refractivity (Wildman–Crippen MR) is 70.6 cm³/mol. The van der Waals surface area contributed by atoms with E-state index < -0.39 is 0 Å². The molecule has 0 amide bonds. The average molecular weight is 234 g/mol. The third-order valence-corrected chi connectivity index (χ3v) is 4.79. The molecular weight excluding hydrogens is 208 g/mol. The van der Waals surface area contributed by atoms with E-state index in [1.807, 2.05) is 0 Å². The quantitative estimate of drug-likeness (QED) is 0.693. The minimum absolute atomic E-state index is 0.173. The largest absolute Gasteiger partial charge is 0.285 e. The van der Waals surface area contributed by atoms with Crippen molar-refractivity contribution in [1.29, 1.82) is 5.26 Å². The molecule has 1 saturated heterocycles. The molecule has 2 unspecified atom stereocenters. The fourth-order valence-corrected chi connectivity index (χ4v) is 4.09. The third-order valence-electron chi connectivity index (χ3n) is 4.79. The monoisotopic (exact) mass is 234 g/mol. The zero-order valence-corrected chi connectivity index (χ0v) is 11.6. The van der Waals surface area contributed by atoms with E-state index in [2.05, 4.69) is 31.7 Å². The maximum atomic E-state index is 9.77. The van der Waals surface area contributed by atoms with Crippen LogP contribution in [0.4, 0.5) is 0 Å². The van der Waals surface area contributed by atoms with Crippen LogP contribution < -0.4 is 0 Å². The van der Waals surface area contributed by atoms with Crippen LogP contribution in [0.15, 0.2) is 0 Å². The van der Waals surface area contributed by atoms with Gasteiger partial charge < -0.3 is 0 Å². The average Bonchev–Trinajstić information content (AvgIpc) is 2.49. The Labute approximate surface area is 106 Å². The summed E-state index contributed by atoms with van der Waals surface area (Å²) in [5.74, 6) is 0.514. The molecule has 0 spiro atoms. The van der Waals surface area contributed by atoms with Crippen LogP contribution in [0.2, 0.25) is 0 Å². The summed E-state index contributed by atoms with van der Waals surface area (Å²) in [5, 5.41) is 9.77. The van der Waals surface area contributed by atoms with Crippen molar-refractivity contribution in [2.75, 3.05) is 13.1 Å². The molecular formula is C15H26N2. The molecule has 0 N–H and O–H groups in total. The topological polar surface area (TPSA) is 27.0 Å². The molecule has 0 aromatic heterocycles. The van der Waals surface area contributed by atoms with Crippen LogP contribution in [0.1, 0.15) is 59.3 Å². The molecule has 0 bridgehead atoms. The Morgan fingerprint density at radius 3 is 2.12 bits per heavy atom. The smallest absolute Gasteiger partial charge is 0.112 e. The zero-order valence-electron chi connectivity index (χ0n) is 11.6. The van der Waals surface area contributed by atoms with Crippen LogP contribution in [0.25, 0.3) is 0 Å². The second kappa shape index (κ2) is 4.61. The Hall–Kier alpha value is -0.550. The first-order chi connectivity index (χ1) is 8.00. The van der Waals surface area contributed by atoms with Crippen molar-refractivity contribution in [2.45, 2.75) is 64.8 Å². The van der Waals surface area contributed by atoms with Crippen LogP contribution in [-0.4, -0.2) is 23.5 Å². The summed E-state index contributed by atoms with van der Waals surface area (Å²) < 4.78 is 0. The first kappa shape index (κ1) is 12.9. The zero-order chi connectivity index (χ0) is 12.5. The number of nitriles is 1.